The Morgan fingerprint density at radius 1 is 1.24 bits per heavy atom. The molecule has 4 rings (SSSR count). The second-order valence-electron chi connectivity index (χ2n) is 6.30. The smallest absolute Gasteiger partial charge is 0.283 e. The van der Waals surface area contributed by atoms with Crippen LogP contribution in [0, 0.1) is 5.82 Å². The van der Waals surface area contributed by atoms with Crippen molar-refractivity contribution in [2.75, 3.05) is 16.4 Å². The van der Waals surface area contributed by atoms with Gasteiger partial charge in [-0.25, -0.2) is 37.6 Å². The fraction of sp³-hybridized carbons (Fsp3) is 0.188. The number of imidazole rings is 1. The molecule has 0 aliphatic rings. The van der Waals surface area contributed by atoms with Gasteiger partial charge in [-0.3, -0.25) is 4.79 Å². The van der Waals surface area contributed by atoms with E-state index in [2.05, 4.69) is 35.1 Å². The largest absolute Gasteiger partial charge is 0.358 e. The SMILES string of the molecule is CC(Nc1ncnc2nc[nH]c12)c1nc2cccc(F)c2c(=O)n1NS(C)(=O)=O. The van der Waals surface area contributed by atoms with Gasteiger partial charge >= 0.3 is 0 Å². The number of hydrogen-bond acceptors (Lipinski definition) is 8. The van der Waals surface area contributed by atoms with Crippen LogP contribution in [0.5, 0.6) is 0 Å². The summed E-state index contributed by atoms with van der Waals surface area (Å²) >= 11 is 0. The molecule has 0 amide bonds. The molecule has 0 saturated carbocycles. The summed E-state index contributed by atoms with van der Waals surface area (Å²) in [5.74, 6) is -0.407. The lowest BCUT2D eigenvalue weighted by Crippen LogP contribution is -2.37. The van der Waals surface area contributed by atoms with Crippen LogP contribution < -0.4 is 15.7 Å². The Kier molecular flexibility index (Phi) is 4.38. The fourth-order valence-electron chi connectivity index (χ4n) is 2.90. The second-order valence-corrected chi connectivity index (χ2v) is 8.02. The van der Waals surface area contributed by atoms with Gasteiger partial charge in [0.2, 0.25) is 10.0 Å². The van der Waals surface area contributed by atoms with E-state index in [4.69, 9.17) is 0 Å². The third-order valence-electron chi connectivity index (χ3n) is 4.09. The van der Waals surface area contributed by atoms with Crippen molar-refractivity contribution in [3.05, 3.63) is 52.8 Å². The Morgan fingerprint density at radius 2 is 2.03 bits per heavy atom. The van der Waals surface area contributed by atoms with Crippen molar-refractivity contribution in [2.45, 2.75) is 13.0 Å². The molecule has 150 valence electrons. The molecule has 29 heavy (non-hydrogen) atoms. The molecule has 3 N–H and O–H groups in total. The first-order valence-corrected chi connectivity index (χ1v) is 10.2. The second kappa shape index (κ2) is 6.77. The highest BCUT2D eigenvalue weighted by Crippen LogP contribution is 2.22. The number of fused-ring (bicyclic) bond motifs is 2. The minimum absolute atomic E-state index is 0.0183. The zero-order chi connectivity index (χ0) is 20.8. The third kappa shape index (κ3) is 3.47. The van der Waals surface area contributed by atoms with Crippen LogP contribution in [0.4, 0.5) is 10.2 Å². The Balaban J connectivity index is 1.88. The number of anilines is 1. The van der Waals surface area contributed by atoms with E-state index in [9.17, 15) is 17.6 Å². The number of halogens is 1. The Labute approximate surface area is 163 Å². The summed E-state index contributed by atoms with van der Waals surface area (Å²) in [7, 11) is -3.85. The van der Waals surface area contributed by atoms with Crippen LogP contribution >= 0.6 is 0 Å². The molecule has 0 aliphatic carbocycles. The van der Waals surface area contributed by atoms with Gasteiger partial charge in [0.15, 0.2) is 17.3 Å². The fourth-order valence-corrected chi connectivity index (χ4v) is 3.40. The first-order chi connectivity index (χ1) is 13.7. The zero-order valence-electron chi connectivity index (χ0n) is 15.2. The van der Waals surface area contributed by atoms with E-state index in [1.54, 1.807) is 6.92 Å². The van der Waals surface area contributed by atoms with Crippen molar-refractivity contribution in [2.24, 2.45) is 0 Å². The molecule has 0 fully saturated rings. The van der Waals surface area contributed by atoms with Crippen LogP contribution in [0.3, 0.4) is 0 Å². The van der Waals surface area contributed by atoms with Gasteiger partial charge < -0.3 is 10.3 Å². The lowest BCUT2D eigenvalue weighted by Gasteiger charge is -2.20. The van der Waals surface area contributed by atoms with E-state index in [0.29, 0.717) is 21.7 Å². The van der Waals surface area contributed by atoms with Crippen molar-refractivity contribution >= 4 is 37.9 Å². The highest BCUT2D eigenvalue weighted by Gasteiger charge is 2.21. The van der Waals surface area contributed by atoms with Crippen molar-refractivity contribution in [1.29, 1.82) is 0 Å². The predicted octanol–water partition coefficient (Wildman–Crippen LogP) is 0.878. The highest BCUT2D eigenvalue weighted by atomic mass is 32.2. The van der Waals surface area contributed by atoms with E-state index in [1.165, 1.54) is 24.8 Å². The van der Waals surface area contributed by atoms with Gasteiger partial charge in [0, 0.05) is 0 Å². The van der Waals surface area contributed by atoms with Gasteiger partial charge in [-0.05, 0) is 19.1 Å². The van der Waals surface area contributed by atoms with Gasteiger partial charge in [-0.15, -0.1) is 0 Å². The van der Waals surface area contributed by atoms with E-state index < -0.39 is 27.4 Å². The van der Waals surface area contributed by atoms with Gasteiger partial charge in [-0.1, -0.05) is 6.07 Å². The monoisotopic (exact) mass is 418 g/mol. The molecule has 1 unspecified atom stereocenters. The van der Waals surface area contributed by atoms with Gasteiger partial charge in [-0.2, -0.15) is 4.68 Å². The van der Waals surface area contributed by atoms with Crippen molar-refractivity contribution in [3.63, 3.8) is 0 Å². The zero-order valence-corrected chi connectivity index (χ0v) is 16.0. The number of nitrogens with one attached hydrogen (secondary N) is 3. The lowest BCUT2D eigenvalue weighted by molar-refractivity contribution is 0.594. The molecular weight excluding hydrogens is 403 g/mol. The molecule has 0 aliphatic heterocycles. The van der Waals surface area contributed by atoms with Crippen LogP contribution in [0.25, 0.3) is 22.1 Å². The standard InChI is InChI=1S/C16H15FN8O3S/c1-8(22-14-12-13(19-6-18-12)20-7-21-14)15-23-10-5-3-4-9(17)11(10)16(26)25(15)24-29(2,27)28/h3-8,24H,1-2H3,(H2,18,19,20,21,22). The number of sulfonamides is 1. The first-order valence-electron chi connectivity index (χ1n) is 8.34. The number of nitrogens with zero attached hydrogens (tertiary/aromatic N) is 5. The maximum Gasteiger partial charge on any atom is 0.283 e. The number of benzene rings is 1. The molecule has 0 saturated heterocycles. The van der Waals surface area contributed by atoms with Crippen molar-refractivity contribution < 1.29 is 12.8 Å². The van der Waals surface area contributed by atoms with Crippen LogP contribution in [-0.4, -0.2) is 44.3 Å². The van der Waals surface area contributed by atoms with Crippen LogP contribution in [0.2, 0.25) is 0 Å². The molecule has 13 heteroatoms. The summed E-state index contributed by atoms with van der Waals surface area (Å²) in [5.41, 5.74) is 0.169. The lowest BCUT2D eigenvalue weighted by atomic mass is 10.2. The van der Waals surface area contributed by atoms with E-state index >= 15 is 0 Å². The number of rotatable bonds is 5. The summed E-state index contributed by atoms with van der Waals surface area (Å²) in [5, 5.41) is 2.73. The maximum absolute atomic E-state index is 14.2. The highest BCUT2D eigenvalue weighted by molar-refractivity contribution is 7.91. The Bertz CT molecular complexity index is 1400. The number of H-pyrrole nitrogens is 1. The molecule has 1 atom stereocenters. The number of hydrogen-bond donors (Lipinski definition) is 3. The summed E-state index contributed by atoms with van der Waals surface area (Å²) in [6.07, 6.45) is 3.64. The van der Waals surface area contributed by atoms with E-state index in [1.807, 2.05) is 0 Å². The van der Waals surface area contributed by atoms with Crippen molar-refractivity contribution in [3.8, 4) is 0 Å². The van der Waals surface area contributed by atoms with Gasteiger partial charge in [0.25, 0.3) is 5.56 Å². The molecule has 4 aromatic rings. The minimum atomic E-state index is -3.85. The van der Waals surface area contributed by atoms with Crippen LogP contribution in [0.15, 0.2) is 35.6 Å². The van der Waals surface area contributed by atoms with Gasteiger partial charge in [0.1, 0.15) is 23.0 Å². The third-order valence-corrected chi connectivity index (χ3v) is 4.61. The average molecular weight is 418 g/mol. The quantitative estimate of drug-likeness (QED) is 0.433. The Hall–Kier alpha value is -3.61. The van der Waals surface area contributed by atoms with Gasteiger partial charge in [0.05, 0.1) is 24.1 Å². The topological polar surface area (TPSA) is 148 Å². The summed E-state index contributed by atoms with van der Waals surface area (Å²) in [6.45, 7) is 1.65. The summed E-state index contributed by atoms with van der Waals surface area (Å²) in [4.78, 5) is 34.4. The molecule has 0 spiro atoms. The summed E-state index contributed by atoms with van der Waals surface area (Å²) in [6, 6.07) is 3.29. The molecule has 11 nitrogen and oxygen atoms in total. The molecule has 3 aromatic heterocycles. The van der Waals surface area contributed by atoms with E-state index in [0.717, 1.165) is 12.3 Å². The van der Waals surface area contributed by atoms with Crippen molar-refractivity contribution in [1.82, 2.24) is 29.6 Å². The van der Waals surface area contributed by atoms with Crippen LogP contribution in [0.1, 0.15) is 18.8 Å². The minimum Gasteiger partial charge on any atom is -0.358 e. The van der Waals surface area contributed by atoms with Crippen LogP contribution in [-0.2, 0) is 10.0 Å². The predicted molar refractivity (Wildman–Crippen MR) is 104 cm³/mol. The maximum atomic E-state index is 14.2. The normalized spacial score (nSPS) is 12.9. The molecule has 0 radical (unpaired) electrons. The first kappa shape index (κ1) is 18.7. The molecule has 0 bridgehead atoms. The van der Waals surface area contributed by atoms with E-state index in [-0.39, 0.29) is 16.7 Å². The number of aromatic amines is 1. The molecule has 1 aromatic carbocycles. The molecule has 3 heterocycles. The average Bonchev–Trinajstić information content (AvgIpc) is 3.12. The number of aromatic nitrogens is 6. The summed E-state index contributed by atoms with van der Waals surface area (Å²) < 4.78 is 38.5. The molecular formula is C16H15FN8O3S. The Morgan fingerprint density at radius 3 is 2.79 bits per heavy atom.